The molecule has 1 heterocycles. The fourth-order valence-electron chi connectivity index (χ4n) is 4.03. The molecule has 0 aliphatic carbocycles. The maximum absolute atomic E-state index is 15.0. The minimum absolute atomic E-state index is 0.206. The SMILES string of the molecule is O=P(c1ccccc1)(c1ccccc1)[C@@H]1C=C(c2ccccc2)C=C(c2ccccc2)S1. The summed E-state index contributed by atoms with van der Waals surface area (Å²) in [5.74, 6) is 0. The molecule has 1 aliphatic heterocycles. The lowest BCUT2D eigenvalue weighted by Crippen LogP contribution is -2.24. The van der Waals surface area contributed by atoms with E-state index in [2.05, 4.69) is 60.7 Å². The first-order valence-electron chi connectivity index (χ1n) is 10.7. The largest absolute Gasteiger partial charge is 0.312 e. The van der Waals surface area contributed by atoms with Crippen LogP contribution in [0.3, 0.4) is 0 Å². The first kappa shape index (κ1) is 20.8. The van der Waals surface area contributed by atoms with E-state index < -0.39 is 7.14 Å². The van der Waals surface area contributed by atoms with Crippen molar-refractivity contribution >= 4 is 40.0 Å². The van der Waals surface area contributed by atoms with Gasteiger partial charge in [0.2, 0.25) is 0 Å². The Balaban J connectivity index is 1.70. The van der Waals surface area contributed by atoms with E-state index >= 15 is 4.57 Å². The van der Waals surface area contributed by atoms with E-state index in [4.69, 9.17) is 0 Å². The monoisotopic (exact) mass is 450 g/mol. The molecule has 0 N–H and O–H groups in total. The molecule has 4 aromatic rings. The Labute approximate surface area is 193 Å². The molecule has 1 nitrogen and oxygen atoms in total. The molecular weight excluding hydrogens is 427 g/mol. The Kier molecular flexibility index (Phi) is 5.99. The summed E-state index contributed by atoms with van der Waals surface area (Å²) < 4.78 is 15.0. The minimum Gasteiger partial charge on any atom is -0.312 e. The highest BCUT2D eigenvalue weighted by Crippen LogP contribution is 2.59. The quantitative estimate of drug-likeness (QED) is 0.299. The van der Waals surface area contributed by atoms with Crippen molar-refractivity contribution in [3.05, 3.63) is 145 Å². The van der Waals surface area contributed by atoms with Crippen molar-refractivity contribution in [2.24, 2.45) is 0 Å². The van der Waals surface area contributed by atoms with Crippen molar-refractivity contribution < 1.29 is 4.57 Å². The van der Waals surface area contributed by atoms with E-state index in [1.165, 1.54) is 0 Å². The molecule has 0 aromatic heterocycles. The lowest BCUT2D eigenvalue weighted by Gasteiger charge is -2.30. The van der Waals surface area contributed by atoms with Crippen LogP contribution in [-0.4, -0.2) is 4.99 Å². The minimum atomic E-state index is -2.97. The summed E-state index contributed by atoms with van der Waals surface area (Å²) >= 11 is 1.70. The summed E-state index contributed by atoms with van der Waals surface area (Å²) in [6.07, 6.45) is 4.43. The number of allylic oxidation sites excluding steroid dienone is 2. The highest BCUT2D eigenvalue weighted by molar-refractivity contribution is 8.15. The van der Waals surface area contributed by atoms with Crippen LogP contribution in [0, 0.1) is 0 Å². The summed E-state index contributed by atoms with van der Waals surface area (Å²) in [4.78, 5) is 0.937. The third-order valence-electron chi connectivity index (χ3n) is 5.66. The molecule has 0 bridgehead atoms. The maximum Gasteiger partial charge on any atom is 0.159 e. The molecule has 4 aromatic carbocycles. The summed E-state index contributed by atoms with van der Waals surface area (Å²) in [5.41, 5.74) is 3.40. The Hall–Kier alpha value is -3.06. The summed E-state index contributed by atoms with van der Waals surface area (Å²) in [7, 11) is -2.97. The zero-order valence-electron chi connectivity index (χ0n) is 17.5. The second kappa shape index (κ2) is 9.20. The van der Waals surface area contributed by atoms with Crippen LogP contribution in [0.25, 0.3) is 10.5 Å². The third-order valence-corrected chi connectivity index (χ3v) is 10.8. The third kappa shape index (κ3) is 4.05. The lowest BCUT2D eigenvalue weighted by molar-refractivity contribution is 0.587. The predicted octanol–water partition coefficient (Wildman–Crippen LogP) is 7.20. The Bertz CT molecular complexity index is 1250. The summed E-state index contributed by atoms with van der Waals surface area (Å²) in [6.45, 7) is 0. The van der Waals surface area contributed by atoms with Gasteiger partial charge in [0, 0.05) is 15.5 Å². The van der Waals surface area contributed by atoms with Crippen molar-refractivity contribution in [3.63, 3.8) is 0 Å². The molecule has 0 fully saturated rings. The van der Waals surface area contributed by atoms with E-state index in [0.29, 0.717) is 0 Å². The van der Waals surface area contributed by atoms with Gasteiger partial charge in [0.25, 0.3) is 0 Å². The fourth-order valence-corrected chi connectivity index (χ4v) is 9.12. The van der Waals surface area contributed by atoms with E-state index in [-0.39, 0.29) is 4.99 Å². The number of benzene rings is 4. The van der Waals surface area contributed by atoms with Gasteiger partial charge >= 0.3 is 0 Å². The van der Waals surface area contributed by atoms with Crippen LogP contribution < -0.4 is 10.6 Å². The number of thioether (sulfide) groups is 1. The smallest absolute Gasteiger partial charge is 0.159 e. The molecule has 156 valence electrons. The van der Waals surface area contributed by atoms with Gasteiger partial charge in [0.1, 0.15) is 0 Å². The molecule has 0 amide bonds. The molecular formula is C29H23OPS. The van der Waals surface area contributed by atoms with Crippen molar-refractivity contribution in [3.8, 4) is 0 Å². The van der Waals surface area contributed by atoms with Gasteiger partial charge in [-0.1, -0.05) is 127 Å². The fraction of sp³-hybridized carbons (Fsp3) is 0.0345. The van der Waals surface area contributed by atoms with Crippen molar-refractivity contribution in [1.29, 1.82) is 0 Å². The highest BCUT2D eigenvalue weighted by Gasteiger charge is 2.38. The number of hydrogen-bond acceptors (Lipinski definition) is 2. The van der Waals surface area contributed by atoms with Gasteiger partial charge in [-0.25, -0.2) is 0 Å². The molecule has 0 saturated carbocycles. The molecule has 0 saturated heterocycles. The first-order valence-corrected chi connectivity index (χ1v) is 13.3. The topological polar surface area (TPSA) is 17.1 Å². The van der Waals surface area contributed by atoms with Crippen LogP contribution in [0.5, 0.6) is 0 Å². The first-order chi connectivity index (χ1) is 15.7. The predicted molar refractivity (Wildman–Crippen MR) is 140 cm³/mol. The van der Waals surface area contributed by atoms with Gasteiger partial charge in [-0.3, -0.25) is 0 Å². The van der Waals surface area contributed by atoms with Crippen LogP contribution in [0.15, 0.2) is 133 Å². The molecule has 0 radical (unpaired) electrons. The van der Waals surface area contributed by atoms with E-state index in [1.807, 2.05) is 72.8 Å². The normalized spacial score (nSPS) is 16.2. The van der Waals surface area contributed by atoms with Gasteiger partial charge in [-0.05, 0) is 22.8 Å². The van der Waals surface area contributed by atoms with Crippen LogP contribution in [0.4, 0.5) is 0 Å². The average molecular weight is 451 g/mol. The standard InChI is InChI=1S/C29H23OPS/c30-31(26-17-9-3-10-18-26,27-19-11-4-12-20-27)29-22-25(23-13-5-1-6-14-23)21-28(32-29)24-15-7-2-8-16-24/h1-22,29H/t29-/m0/s1. The molecule has 0 spiro atoms. The molecule has 0 unspecified atom stereocenters. The van der Waals surface area contributed by atoms with Gasteiger partial charge in [-0.15, -0.1) is 11.8 Å². The van der Waals surface area contributed by atoms with Crippen molar-refractivity contribution in [1.82, 2.24) is 0 Å². The highest BCUT2D eigenvalue weighted by atomic mass is 32.2. The van der Waals surface area contributed by atoms with Gasteiger partial charge < -0.3 is 4.57 Å². The molecule has 3 heteroatoms. The Morgan fingerprint density at radius 3 is 1.50 bits per heavy atom. The van der Waals surface area contributed by atoms with Gasteiger partial charge in [-0.2, -0.15) is 0 Å². The molecule has 1 atom stereocenters. The lowest BCUT2D eigenvalue weighted by atomic mass is 10.0. The Morgan fingerprint density at radius 2 is 1.00 bits per heavy atom. The van der Waals surface area contributed by atoms with Crippen molar-refractivity contribution in [2.75, 3.05) is 0 Å². The van der Waals surface area contributed by atoms with Gasteiger partial charge in [0.15, 0.2) is 7.14 Å². The van der Waals surface area contributed by atoms with Crippen LogP contribution in [-0.2, 0) is 4.57 Å². The van der Waals surface area contributed by atoms with Crippen LogP contribution in [0.2, 0.25) is 0 Å². The second-order valence-electron chi connectivity index (χ2n) is 7.70. The molecule has 1 aliphatic rings. The summed E-state index contributed by atoms with van der Waals surface area (Å²) in [5, 5.41) is 1.78. The van der Waals surface area contributed by atoms with Crippen LogP contribution >= 0.6 is 18.9 Å². The Morgan fingerprint density at radius 1 is 0.562 bits per heavy atom. The summed E-state index contributed by atoms with van der Waals surface area (Å²) in [6, 6.07) is 40.7. The van der Waals surface area contributed by atoms with E-state index in [0.717, 1.165) is 32.2 Å². The molecule has 32 heavy (non-hydrogen) atoms. The molecule has 5 rings (SSSR count). The number of hydrogen-bond donors (Lipinski definition) is 0. The zero-order valence-corrected chi connectivity index (χ0v) is 19.3. The van der Waals surface area contributed by atoms with Crippen LogP contribution in [0.1, 0.15) is 11.1 Å². The van der Waals surface area contributed by atoms with Gasteiger partial charge in [0.05, 0.1) is 4.99 Å². The zero-order chi connectivity index (χ0) is 21.8. The second-order valence-corrected chi connectivity index (χ2v) is 12.1. The van der Waals surface area contributed by atoms with E-state index in [1.54, 1.807) is 11.8 Å². The van der Waals surface area contributed by atoms with Crippen molar-refractivity contribution in [2.45, 2.75) is 4.99 Å². The van der Waals surface area contributed by atoms with E-state index in [9.17, 15) is 0 Å². The maximum atomic E-state index is 15.0. The average Bonchev–Trinajstić information content (AvgIpc) is 2.90. The number of rotatable bonds is 5.